The van der Waals surface area contributed by atoms with Gasteiger partial charge in [-0.15, -0.1) is 0 Å². The number of nitrogens with one attached hydrogen (secondary N) is 2. The van der Waals surface area contributed by atoms with Crippen molar-refractivity contribution in [3.63, 3.8) is 0 Å². The Labute approximate surface area is 84.0 Å². The first-order valence-electron chi connectivity index (χ1n) is 4.77. The molecule has 0 aliphatic rings. The number of aromatic nitrogens is 1. The quantitative estimate of drug-likeness (QED) is 0.757. The van der Waals surface area contributed by atoms with Crippen molar-refractivity contribution >= 4 is 5.69 Å². The summed E-state index contributed by atoms with van der Waals surface area (Å²) >= 11 is 0. The molecule has 0 aliphatic carbocycles. The highest BCUT2D eigenvalue weighted by Crippen LogP contribution is 2.14. The molecule has 0 amide bonds. The van der Waals surface area contributed by atoms with E-state index in [2.05, 4.69) is 41.5 Å². The van der Waals surface area contributed by atoms with Gasteiger partial charge in [0.2, 0.25) is 0 Å². The lowest BCUT2D eigenvalue weighted by Gasteiger charge is -2.07. The van der Waals surface area contributed by atoms with Gasteiger partial charge in [0.05, 0.1) is 0 Å². The lowest BCUT2D eigenvalue weighted by atomic mass is 10.2. The van der Waals surface area contributed by atoms with Crippen LogP contribution in [-0.2, 0) is 6.54 Å². The predicted molar refractivity (Wildman–Crippen MR) is 59.3 cm³/mol. The van der Waals surface area contributed by atoms with E-state index < -0.39 is 0 Å². The molecule has 1 aromatic heterocycles. The van der Waals surface area contributed by atoms with E-state index in [1.807, 2.05) is 18.5 Å². The van der Waals surface area contributed by atoms with Crippen molar-refractivity contribution in [1.82, 2.24) is 4.98 Å². The first-order chi connectivity index (χ1) is 6.86. The molecule has 0 radical (unpaired) electrons. The van der Waals surface area contributed by atoms with Gasteiger partial charge in [0.1, 0.15) is 0 Å². The topological polar surface area (TPSA) is 27.8 Å². The van der Waals surface area contributed by atoms with Crippen LogP contribution >= 0.6 is 0 Å². The van der Waals surface area contributed by atoms with Gasteiger partial charge in [-0.05, 0) is 30.2 Å². The second kappa shape index (κ2) is 4.01. The summed E-state index contributed by atoms with van der Waals surface area (Å²) in [5, 5.41) is 3.40. The SMILES string of the molecule is Cc1ccccc1NCc1cc[nH]c1. The summed E-state index contributed by atoms with van der Waals surface area (Å²) in [5.41, 5.74) is 3.75. The Morgan fingerprint density at radius 1 is 1.21 bits per heavy atom. The average molecular weight is 186 g/mol. The molecule has 0 saturated heterocycles. The molecule has 0 fully saturated rings. The first kappa shape index (κ1) is 8.88. The van der Waals surface area contributed by atoms with Gasteiger partial charge < -0.3 is 10.3 Å². The zero-order valence-corrected chi connectivity index (χ0v) is 8.25. The zero-order chi connectivity index (χ0) is 9.80. The Kier molecular flexibility index (Phi) is 2.54. The lowest BCUT2D eigenvalue weighted by molar-refractivity contribution is 1.14. The smallest absolute Gasteiger partial charge is 0.0415 e. The molecule has 2 nitrogen and oxygen atoms in total. The minimum absolute atomic E-state index is 0.869. The number of rotatable bonds is 3. The number of aromatic amines is 1. The second-order valence-corrected chi connectivity index (χ2v) is 3.39. The van der Waals surface area contributed by atoms with Gasteiger partial charge in [-0.2, -0.15) is 0 Å². The molecule has 0 spiro atoms. The van der Waals surface area contributed by atoms with Gasteiger partial charge in [-0.1, -0.05) is 18.2 Å². The largest absolute Gasteiger partial charge is 0.381 e. The highest BCUT2D eigenvalue weighted by atomic mass is 14.9. The van der Waals surface area contributed by atoms with Crippen molar-refractivity contribution in [2.45, 2.75) is 13.5 Å². The fourth-order valence-corrected chi connectivity index (χ4v) is 1.44. The highest BCUT2D eigenvalue weighted by molar-refractivity contribution is 5.50. The standard InChI is InChI=1S/C12H14N2/c1-10-4-2-3-5-12(10)14-9-11-6-7-13-8-11/h2-8,13-14H,9H2,1H3. The van der Waals surface area contributed by atoms with Crippen molar-refractivity contribution in [1.29, 1.82) is 0 Å². The third-order valence-electron chi connectivity index (χ3n) is 2.29. The summed E-state index contributed by atoms with van der Waals surface area (Å²) in [6.07, 6.45) is 3.94. The zero-order valence-electron chi connectivity index (χ0n) is 8.25. The highest BCUT2D eigenvalue weighted by Gasteiger charge is 1.96. The molecule has 2 aromatic rings. The third kappa shape index (κ3) is 1.96. The van der Waals surface area contributed by atoms with Gasteiger partial charge in [0.15, 0.2) is 0 Å². The van der Waals surface area contributed by atoms with Crippen LogP contribution in [0.4, 0.5) is 5.69 Å². The number of aryl methyl sites for hydroxylation is 1. The van der Waals surface area contributed by atoms with Crippen molar-refractivity contribution in [3.05, 3.63) is 53.9 Å². The number of benzene rings is 1. The van der Waals surface area contributed by atoms with E-state index in [1.54, 1.807) is 0 Å². The number of hydrogen-bond acceptors (Lipinski definition) is 1. The monoisotopic (exact) mass is 186 g/mol. The molecule has 2 N–H and O–H groups in total. The van der Waals surface area contributed by atoms with E-state index in [1.165, 1.54) is 16.8 Å². The molecule has 1 heterocycles. The molecule has 14 heavy (non-hydrogen) atoms. The maximum absolute atomic E-state index is 3.40. The van der Waals surface area contributed by atoms with Crippen LogP contribution in [-0.4, -0.2) is 4.98 Å². The summed E-state index contributed by atoms with van der Waals surface area (Å²) < 4.78 is 0. The fourth-order valence-electron chi connectivity index (χ4n) is 1.44. The summed E-state index contributed by atoms with van der Waals surface area (Å²) in [6.45, 7) is 2.98. The minimum atomic E-state index is 0.869. The Hall–Kier alpha value is -1.70. The number of hydrogen-bond donors (Lipinski definition) is 2. The lowest BCUT2D eigenvalue weighted by Crippen LogP contribution is -1.99. The Balaban J connectivity index is 2.02. The van der Waals surface area contributed by atoms with Gasteiger partial charge in [-0.25, -0.2) is 0 Å². The van der Waals surface area contributed by atoms with Crippen molar-refractivity contribution < 1.29 is 0 Å². The van der Waals surface area contributed by atoms with E-state index in [9.17, 15) is 0 Å². The number of H-pyrrole nitrogens is 1. The van der Waals surface area contributed by atoms with Crippen molar-refractivity contribution in [2.75, 3.05) is 5.32 Å². The van der Waals surface area contributed by atoms with Gasteiger partial charge in [0, 0.05) is 24.6 Å². The Bertz CT molecular complexity index is 390. The van der Waals surface area contributed by atoms with Crippen LogP contribution in [0, 0.1) is 6.92 Å². The van der Waals surface area contributed by atoms with Crippen LogP contribution in [0.5, 0.6) is 0 Å². The molecule has 0 bridgehead atoms. The molecule has 2 rings (SSSR count). The molecule has 2 heteroatoms. The summed E-state index contributed by atoms with van der Waals surface area (Å²) in [5.74, 6) is 0. The molecular formula is C12H14N2. The summed E-state index contributed by atoms with van der Waals surface area (Å²) in [4.78, 5) is 3.04. The maximum Gasteiger partial charge on any atom is 0.0415 e. The number of para-hydroxylation sites is 1. The molecule has 0 atom stereocenters. The Morgan fingerprint density at radius 2 is 2.07 bits per heavy atom. The average Bonchev–Trinajstić information content (AvgIpc) is 2.69. The van der Waals surface area contributed by atoms with E-state index in [0.29, 0.717) is 0 Å². The van der Waals surface area contributed by atoms with Crippen LogP contribution in [0.2, 0.25) is 0 Å². The predicted octanol–water partition coefficient (Wildman–Crippen LogP) is 2.94. The van der Waals surface area contributed by atoms with E-state index in [4.69, 9.17) is 0 Å². The van der Waals surface area contributed by atoms with Crippen LogP contribution in [0.15, 0.2) is 42.7 Å². The summed E-state index contributed by atoms with van der Waals surface area (Å²) in [7, 11) is 0. The van der Waals surface area contributed by atoms with Crippen molar-refractivity contribution in [3.8, 4) is 0 Å². The van der Waals surface area contributed by atoms with Crippen LogP contribution in [0.3, 0.4) is 0 Å². The minimum Gasteiger partial charge on any atom is -0.381 e. The first-order valence-corrected chi connectivity index (χ1v) is 4.77. The molecule has 0 aliphatic heterocycles. The van der Waals surface area contributed by atoms with E-state index in [-0.39, 0.29) is 0 Å². The van der Waals surface area contributed by atoms with E-state index >= 15 is 0 Å². The molecular weight excluding hydrogens is 172 g/mol. The maximum atomic E-state index is 3.40. The van der Waals surface area contributed by atoms with Crippen molar-refractivity contribution in [2.24, 2.45) is 0 Å². The Morgan fingerprint density at radius 3 is 2.79 bits per heavy atom. The molecule has 0 saturated carbocycles. The molecule has 0 unspecified atom stereocenters. The van der Waals surface area contributed by atoms with Crippen LogP contribution in [0.1, 0.15) is 11.1 Å². The normalized spacial score (nSPS) is 10.1. The van der Waals surface area contributed by atoms with E-state index in [0.717, 1.165) is 6.54 Å². The molecule has 72 valence electrons. The third-order valence-corrected chi connectivity index (χ3v) is 2.29. The fraction of sp³-hybridized carbons (Fsp3) is 0.167. The van der Waals surface area contributed by atoms with Crippen LogP contribution in [0.25, 0.3) is 0 Å². The van der Waals surface area contributed by atoms with Crippen LogP contribution < -0.4 is 5.32 Å². The van der Waals surface area contributed by atoms with Gasteiger partial charge in [-0.3, -0.25) is 0 Å². The van der Waals surface area contributed by atoms with Gasteiger partial charge in [0.25, 0.3) is 0 Å². The second-order valence-electron chi connectivity index (χ2n) is 3.39. The summed E-state index contributed by atoms with van der Waals surface area (Å²) in [6, 6.07) is 10.4. The van der Waals surface area contributed by atoms with Gasteiger partial charge >= 0.3 is 0 Å². The number of anilines is 1. The molecule has 1 aromatic carbocycles.